The summed E-state index contributed by atoms with van der Waals surface area (Å²) in [5, 5.41) is 12.3. The third kappa shape index (κ3) is 3.62. The maximum absolute atomic E-state index is 11.8. The highest BCUT2D eigenvalue weighted by Gasteiger charge is 2.21. The molecule has 0 aliphatic heterocycles. The molecule has 1 atom stereocenters. The van der Waals surface area contributed by atoms with Crippen LogP contribution in [0.5, 0.6) is 0 Å². The van der Waals surface area contributed by atoms with Crippen LogP contribution in [0.4, 0.5) is 5.69 Å². The molecule has 1 amide bonds. The van der Waals surface area contributed by atoms with E-state index in [2.05, 4.69) is 5.32 Å². The van der Waals surface area contributed by atoms with Crippen molar-refractivity contribution in [3.8, 4) is 6.07 Å². The summed E-state index contributed by atoms with van der Waals surface area (Å²) in [4.78, 5) is 11.8. The van der Waals surface area contributed by atoms with Crippen molar-refractivity contribution in [2.24, 2.45) is 11.8 Å². The first-order chi connectivity index (χ1) is 7.95. The van der Waals surface area contributed by atoms with Gasteiger partial charge in [0.15, 0.2) is 0 Å². The second-order valence-electron chi connectivity index (χ2n) is 3.97. The number of halogens is 2. The van der Waals surface area contributed by atoms with Crippen LogP contribution in [0, 0.1) is 23.2 Å². The van der Waals surface area contributed by atoms with E-state index in [0.717, 1.165) is 0 Å². The summed E-state index contributed by atoms with van der Waals surface area (Å²) in [6.07, 6.45) is 0. The molecule has 1 aromatic carbocycles. The lowest BCUT2D eigenvalue weighted by atomic mass is 9.96. The number of amides is 1. The number of carbonyl (C=O) groups is 1. The molecule has 90 valence electrons. The lowest BCUT2D eigenvalue weighted by Gasteiger charge is -2.13. The van der Waals surface area contributed by atoms with Gasteiger partial charge in [-0.25, -0.2) is 0 Å². The molecule has 1 rings (SSSR count). The first kappa shape index (κ1) is 13.8. The van der Waals surface area contributed by atoms with E-state index in [0.29, 0.717) is 15.7 Å². The lowest BCUT2D eigenvalue weighted by Crippen LogP contribution is -2.25. The zero-order valence-electron chi connectivity index (χ0n) is 9.50. The van der Waals surface area contributed by atoms with Crippen molar-refractivity contribution in [3.05, 3.63) is 28.2 Å². The highest BCUT2D eigenvalue weighted by Crippen LogP contribution is 2.25. The van der Waals surface area contributed by atoms with Gasteiger partial charge in [0.25, 0.3) is 0 Å². The van der Waals surface area contributed by atoms with Gasteiger partial charge in [0.2, 0.25) is 5.91 Å². The fourth-order valence-corrected chi connectivity index (χ4v) is 1.60. The second-order valence-corrected chi connectivity index (χ2v) is 4.78. The molecule has 0 aliphatic carbocycles. The summed E-state index contributed by atoms with van der Waals surface area (Å²) in [6.45, 7) is 3.64. The maximum Gasteiger partial charge on any atom is 0.241 e. The molecule has 5 heteroatoms. The van der Waals surface area contributed by atoms with Crippen LogP contribution in [-0.4, -0.2) is 5.91 Å². The SMILES string of the molecule is CC(C)C(C#N)C(=O)Nc1ccc(Cl)c(Cl)c1. The van der Waals surface area contributed by atoms with E-state index in [1.807, 2.05) is 19.9 Å². The van der Waals surface area contributed by atoms with Gasteiger partial charge in [-0.3, -0.25) is 4.79 Å². The van der Waals surface area contributed by atoms with Crippen molar-refractivity contribution in [2.75, 3.05) is 5.32 Å². The van der Waals surface area contributed by atoms with Gasteiger partial charge in [-0.1, -0.05) is 37.0 Å². The van der Waals surface area contributed by atoms with Gasteiger partial charge < -0.3 is 5.32 Å². The van der Waals surface area contributed by atoms with Crippen molar-refractivity contribution >= 4 is 34.8 Å². The van der Waals surface area contributed by atoms with E-state index in [1.165, 1.54) is 0 Å². The first-order valence-electron chi connectivity index (χ1n) is 5.11. The molecular formula is C12H12Cl2N2O. The Hall–Kier alpha value is -1.24. The van der Waals surface area contributed by atoms with Crippen molar-refractivity contribution in [3.63, 3.8) is 0 Å². The summed E-state index contributed by atoms with van der Waals surface area (Å²) in [6, 6.07) is 6.76. The first-order valence-corrected chi connectivity index (χ1v) is 5.87. The topological polar surface area (TPSA) is 52.9 Å². The smallest absolute Gasteiger partial charge is 0.241 e. The largest absolute Gasteiger partial charge is 0.325 e. The summed E-state index contributed by atoms with van der Waals surface area (Å²) >= 11 is 11.6. The van der Waals surface area contributed by atoms with Gasteiger partial charge in [-0.2, -0.15) is 5.26 Å². The normalized spacial score (nSPS) is 12.0. The van der Waals surface area contributed by atoms with E-state index in [9.17, 15) is 4.79 Å². The maximum atomic E-state index is 11.8. The van der Waals surface area contributed by atoms with Crippen LogP contribution in [0.3, 0.4) is 0 Å². The number of carbonyl (C=O) groups excluding carboxylic acids is 1. The molecule has 0 spiro atoms. The fraction of sp³-hybridized carbons (Fsp3) is 0.333. The van der Waals surface area contributed by atoms with E-state index >= 15 is 0 Å². The summed E-state index contributed by atoms with van der Waals surface area (Å²) < 4.78 is 0. The number of hydrogen-bond acceptors (Lipinski definition) is 2. The number of anilines is 1. The number of nitrogens with one attached hydrogen (secondary N) is 1. The summed E-state index contributed by atoms with van der Waals surface area (Å²) in [5.74, 6) is -1.05. The van der Waals surface area contributed by atoms with Gasteiger partial charge in [0.05, 0.1) is 16.1 Å². The van der Waals surface area contributed by atoms with Crippen LogP contribution in [0.2, 0.25) is 10.0 Å². The molecule has 0 bridgehead atoms. The van der Waals surface area contributed by atoms with E-state index < -0.39 is 5.92 Å². The monoisotopic (exact) mass is 270 g/mol. The highest BCUT2D eigenvalue weighted by molar-refractivity contribution is 6.42. The Bertz CT molecular complexity index is 466. The summed E-state index contributed by atoms with van der Waals surface area (Å²) in [5.41, 5.74) is 0.533. The molecule has 1 unspecified atom stereocenters. The Kier molecular flexibility index (Phi) is 4.80. The highest BCUT2D eigenvalue weighted by atomic mass is 35.5. The Morgan fingerprint density at radius 2 is 2.00 bits per heavy atom. The number of rotatable bonds is 3. The molecule has 0 heterocycles. The Labute approximate surface area is 110 Å². The molecule has 17 heavy (non-hydrogen) atoms. The van der Waals surface area contributed by atoms with Gasteiger partial charge in [-0.05, 0) is 24.1 Å². The van der Waals surface area contributed by atoms with E-state index in [1.54, 1.807) is 18.2 Å². The second kappa shape index (κ2) is 5.90. The average Bonchev–Trinajstić information content (AvgIpc) is 2.24. The molecule has 3 nitrogen and oxygen atoms in total. The number of nitriles is 1. The number of benzene rings is 1. The zero-order chi connectivity index (χ0) is 13.0. The molecule has 0 saturated carbocycles. The van der Waals surface area contributed by atoms with Crippen molar-refractivity contribution in [1.29, 1.82) is 5.26 Å². The lowest BCUT2D eigenvalue weighted by molar-refractivity contribution is -0.119. The van der Waals surface area contributed by atoms with Crippen LogP contribution in [0.1, 0.15) is 13.8 Å². The van der Waals surface area contributed by atoms with Gasteiger partial charge in [0, 0.05) is 5.69 Å². The van der Waals surface area contributed by atoms with Crippen LogP contribution in [0.15, 0.2) is 18.2 Å². The number of nitrogens with zero attached hydrogens (tertiary/aromatic N) is 1. The molecule has 1 N–H and O–H groups in total. The Morgan fingerprint density at radius 1 is 1.35 bits per heavy atom. The molecule has 0 aromatic heterocycles. The minimum Gasteiger partial charge on any atom is -0.325 e. The van der Waals surface area contributed by atoms with Crippen LogP contribution in [-0.2, 0) is 4.79 Å². The molecule has 0 radical (unpaired) electrons. The molecular weight excluding hydrogens is 259 g/mol. The average molecular weight is 271 g/mol. The van der Waals surface area contributed by atoms with Crippen LogP contribution < -0.4 is 5.32 Å². The van der Waals surface area contributed by atoms with E-state index in [-0.39, 0.29) is 11.8 Å². The molecule has 0 fully saturated rings. The minimum absolute atomic E-state index is 0.0391. The van der Waals surface area contributed by atoms with Crippen molar-refractivity contribution in [2.45, 2.75) is 13.8 Å². The molecule has 1 aromatic rings. The Morgan fingerprint density at radius 3 is 2.47 bits per heavy atom. The molecule has 0 saturated heterocycles. The van der Waals surface area contributed by atoms with Gasteiger partial charge in [-0.15, -0.1) is 0 Å². The minimum atomic E-state index is -0.676. The van der Waals surface area contributed by atoms with Gasteiger partial charge >= 0.3 is 0 Å². The Balaban J connectivity index is 2.81. The fourth-order valence-electron chi connectivity index (χ4n) is 1.30. The molecule has 0 aliphatic rings. The third-order valence-electron chi connectivity index (χ3n) is 2.28. The predicted octanol–water partition coefficient (Wildman–Crippen LogP) is 3.73. The van der Waals surface area contributed by atoms with E-state index in [4.69, 9.17) is 28.5 Å². The quantitative estimate of drug-likeness (QED) is 0.910. The van der Waals surface area contributed by atoms with Crippen molar-refractivity contribution < 1.29 is 4.79 Å². The predicted molar refractivity (Wildman–Crippen MR) is 69.0 cm³/mol. The van der Waals surface area contributed by atoms with Crippen LogP contribution >= 0.6 is 23.2 Å². The summed E-state index contributed by atoms with van der Waals surface area (Å²) in [7, 11) is 0. The third-order valence-corrected chi connectivity index (χ3v) is 3.01. The van der Waals surface area contributed by atoms with Crippen molar-refractivity contribution in [1.82, 2.24) is 0 Å². The van der Waals surface area contributed by atoms with Gasteiger partial charge in [0.1, 0.15) is 5.92 Å². The number of hydrogen-bond donors (Lipinski definition) is 1. The zero-order valence-corrected chi connectivity index (χ0v) is 11.0. The standard InChI is InChI=1S/C12H12Cl2N2O/c1-7(2)9(6-15)12(17)16-8-3-4-10(13)11(14)5-8/h3-5,7,9H,1-2H3,(H,16,17). The van der Waals surface area contributed by atoms with Crippen LogP contribution in [0.25, 0.3) is 0 Å².